The maximum atomic E-state index is 12.1. The van der Waals surface area contributed by atoms with Crippen LogP contribution < -0.4 is 10.6 Å². The number of rotatable bonds is 2. The van der Waals surface area contributed by atoms with Crippen LogP contribution in [0.25, 0.3) is 0 Å². The van der Waals surface area contributed by atoms with E-state index < -0.39 is 18.2 Å². The molecule has 0 aliphatic heterocycles. The Kier molecular flexibility index (Phi) is 5.78. The lowest BCUT2D eigenvalue weighted by molar-refractivity contribution is -0.119. The Hall–Kier alpha value is -1.60. The van der Waals surface area contributed by atoms with E-state index >= 15 is 0 Å². The van der Waals surface area contributed by atoms with Crippen molar-refractivity contribution in [1.82, 2.24) is 10.6 Å². The van der Waals surface area contributed by atoms with Crippen LogP contribution in [0, 0.1) is 0 Å². The van der Waals surface area contributed by atoms with Crippen molar-refractivity contribution in [3.63, 3.8) is 0 Å². The summed E-state index contributed by atoms with van der Waals surface area (Å²) < 4.78 is 36.4. The van der Waals surface area contributed by atoms with E-state index in [-0.39, 0.29) is 6.04 Å². The number of amides is 2. The standard InChI is InChI=1S/C11H17F3N4O/c1-15-7-9(18-11(12,13)14)17-10(19)16-8-5-3-2-4-6-8/h7-8H,2-6H2,1H3,(H2,16,17,18,19). The third-order valence-electron chi connectivity index (χ3n) is 2.68. The van der Waals surface area contributed by atoms with Crippen molar-refractivity contribution >= 4 is 18.1 Å². The zero-order valence-electron chi connectivity index (χ0n) is 10.6. The first-order chi connectivity index (χ1) is 8.90. The fourth-order valence-electron chi connectivity index (χ4n) is 1.93. The predicted molar refractivity (Wildman–Crippen MR) is 66.4 cm³/mol. The number of aliphatic imine (C=N–C) groups is 2. The van der Waals surface area contributed by atoms with Gasteiger partial charge in [0.1, 0.15) is 0 Å². The lowest BCUT2D eigenvalue weighted by atomic mass is 9.96. The van der Waals surface area contributed by atoms with Gasteiger partial charge >= 0.3 is 12.3 Å². The van der Waals surface area contributed by atoms with Gasteiger partial charge in [0.25, 0.3) is 0 Å². The Morgan fingerprint density at radius 2 is 1.89 bits per heavy atom. The summed E-state index contributed by atoms with van der Waals surface area (Å²) in [6.45, 7) is 0. The summed E-state index contributed by atoms with van der Waals surface area (Å²) in [5.74, 6) is -0.622. The molecule has 5 nitrogen and oxygen atoms in total. The molecule has 1 saturated carbocycles. The molecule has 0 aromatic heterocycles. The molecule has 1 fully saturated rings. The molecular formula is C11H17F3N4O. The Morgan fingerprint density at radius 3 is 2.42 bits per heavy atom. The maximum absolute atomic E-state index is 12.1. The number of alkyl halides is 3. The number of hydrogen-bond acceptors (Lipinski definition) is 3. The zero-order valence-corrected chi connectivity index (χ0v) is 10.6. The van der Waals surface area contributed by atoms with Gasteiger partial charge in [0.15, 0.2) is 5.84 Å². The first-order valence-corrected chi connectivity index (χ1v) is 6.07. The molecule has 1 rings (SSSR count). The Labute approximate surface area is 109 Å². The molecule has 2 amide bonds. The Bertz CT molecular complexity index is 359. The highest BCUT2D eigenvalue weighted by Crippen LogP contribution is 2.17. The van der Waals surface area contributed by atoms with Crippen molar-refractivity contribution < 1.29 is 18.0 Å². The van der Waals surface area contributed by atoms with Crippen molar-refractivity contribution in [3.8, 4) is 0 Å². The van der Waals surface area contributed by atoms with Crippen LogP contribution in [-0.4, -0.2) is 37.5 Å². The summed E-state index contributed by atoms with van der Waals surface area (Å²) in [7, 11) is 1.30. The Balaban J connectivity index is 2.54. The third kappa shape index (κ3) is 6.78. The van der Waals surface area contributed by atoms with E-state index in [1.54, 1.807) is 0 Å². The van der Waals surface area contributed by atoms with Gasteiger partial charge in [-0.15, -0.1) is 13.2 Å². The fraction of sp³-hybridized carbons (Fsp3) is 0.727. The van der Waals surface area contributed by atoms with E-state index in [9.17, 15) is 18.0 Å². The molecule has 0 saturated heterocycles. The molecule has 0 atom stereocenters. The van der Waals surface area contributed by atoms with Gasteiger partial charge in [0.05, 0.1) is 6.21 Å². The maximum Gasteiger partial charge on any atom is 0.505 e. The van der Waals surface area contributed by atoms with Crippen molar-refractivity contribution in [1.29, 1.82) is 0 Å². The monoisotopic (exact) mass is 278 g/mol. The molecular weight excluding hydrogens is 261 g/mol. The lowest BCUT2D eigenvalue weighted by Gasteiger charge is -2.22. The average molecular weight is 278 g/mol. The van der Waals surface area contributed by atoms with Crippen LogP contribution in [0.5, 0.6) is 0 Å². The normalized spacial score (nSPS) is 18.6. The van der Waals surface area contributed by atoms with Crippen LogP contribution >= 0.6 is 0 Å². The second kappa shape index (κ2) is 7.10. The van der Waals surface area contributed by atoms with E-state index in [4.69, 9.17) is 0 Å². The SMILES string of the molecule is CN=CC(=NC(F)(F)F)NC(=O)NC1CCCCC1. The predicted octanol–water partition coefficient (Wildman–Crippen LogP) is 2.24. The largest absolute Gasteiger partial charge is 0.505 e. The quantitative estimate of drug-likeness (QED) is 0.454. The second-order valence-electron chi connectivity index (χ2n) is 4.29. The van der Waals surface area contributed by atoms with E-state index in [1.807, 2.05) is 0 Å². The summed E-state index contributed by atoms with van der Waals surface area (Å²) in [4.78, 5) is 17.4. The number of nitrogens with zero attached hydrogens (tertiary/aromatic N) is 2. The molecule has 0 spiro atoms. The number of urea groups is 1. The molecule has 0 radical (unpaired) electrons. The van der Waals surface area contributed by atoms with Crippen LogP contribution in [0.2, 0.25) is 0 Å². The van der Waals surface area contributed by atoms with E-state index in [2.05, 4.69) is 20.6 Å². The van der Waals surface area contributed by atoms with Crippen LogP contribution in [0.3, 0.4) is 0 Å². The topological polar surface area (TPSA) is 65.8 Å². The minimum Gasteiger partial charge on any atom is -0.335 e. The van der Waals surface area contributed by atoms with E-state index in [1.165, 1.54) is 7.05 Å². The molecule has 1 aliphatic carbocycles. The zero-order chi connectivity index (χ0) is 14.3. The highest BCUT2D eigenvalue weighted by atomic mass is 19.4. The minimum absolute atomic E-state index is 0.0134. The van der Waals surface area contributed by atoms with Gasteiger partial charge < -0.3 is 5.32 Å². The summed E-state index contributed by atoms with van der Waals surface area (Å²) in [5, 5.41) is 4.69. The summed E-state index contributed by atoms with van der Waals surface area (Å²) >= 11 is 0. The number of nitrogens with one attached hydrogen (secondary N) is 2. The highest BCUT2D eigenvalue weighted by Gasteiger charge is 2.27. The van der Waals surface area contributed by atoms with Crippen LogP contribution in [0.1, 0.15) is 32.1 Å². The highest BCUT2D eigenvalue weighted by molar-refractivity contribution is 6.32. The molecule has 19 heavy (non-hydrogen) atoms. The van der Waals surface area contributed by atoms with Crippen LogP contribution in [0.15, 0.2) is 9.98 Å². The molecule has 1 aliphatic rings. The lowest BCUT2D eigenvalue weighted by Crippen LogP contribution is -2.46. The van der Waals surface area contributed by atoms with Crippen molar-refractivity contribution in [2.75, 3.05) is 7.05 Å². The molecule has 108 valence electrons. The van der Waals surface area contributed by atoms with Crippen molar-refractivity contribution in [3.05, 3.63) is 0 Å². The molecule has 0 aromatic carbocycles. The Morgan fingerprint density at radius 1 is 1.26 bits per heavy atom. The number of hydrogen-bond donors (Lipinski definition) is 2. The second-order valence-corrected chi connectivity index (χ2v) is 4.29. The van der Waals surface area contributed by atoms with Crippen LogP contribution in [-0.2, 0) is 0 Å². The minimum atomic E-state index is -4.74. The number of halogens is 3. The number of carbonyl (C=O) groups is 1. The van der Waals surface area contributed by atoms with Crippen LogP contribution in [0.4, 0.5) is 18.0 Å². The average Bonchev–Trinajstić information content (AvgIpc) is 2.28. The molecule has 0 aromatic rings. The van der Waals surface area contributed by atoms with Gasteiger partial charge in [0, 0.05) is 13.1 Å². The molecule has 8 heteroatoms. The first-order valence-electron chi connectivity index (χ1n) is 6.07. The van der Waals surface area contributed by atoms with Gasteiger partial charge in [-0.25, -0.2) is 4.79 Å². The van der Waals surface area contributed by atoms with Crippen molar-refractivity contribution in [2.45, 2.75) is 44.4 Å². The molecule has 0 heterocycles. The van der Waals surface area contributed by atoms with Crippen molar-refractivity contribution in [2.24, 2.45) is 9.98 Å². The number of carbonyl (C=O) groups excluding carboxylic acids is 1. The smallest absolute Gasteiger partial charge is 0.335 e. The third-order valence-corrected chi connectivity index (χ3v) is 2.68. The first kappa shape index (κ1) is 15.5. The molecule has 2 N–H and O–H groups in total. The molecule has 0 unspecified atom stereocenters. The van der Waals surface area contributed by atoms with Gasteiger partial charge in [-0.2, -0.15) is 4.99 Å². The van der Waals surface area contributed by atoms with E-state index in [0.29, 0.717) is 0 Å². The number of amidine groups is 1. The summed E-state index contributed by atoms with van der Waals surface area (Å²) in [5.41, 5.74) is 0. The summed E-state index contributed by atoms with van der Waals surface area (Å²) in [6, 6.07) is -0.672. The van der Waals surface area contributed by atoms with Gasteiger partial charge in [-0.3, -0.25) is 10.3 Å². The van der Waals surface area contributed by atoms with Gasteiger partial charge in [0.2, 0.25) is 0 Å². The molecule has 0 bridgehead atoms. The van der Waals surface area contributed by atoms with Gasteiger partial charge in [-0.1, -0.05) is 19.3 Å². The summed E-state index contributed by atoms with van der Waals surface area (Å²) in [6.07, 6.45) is 0.976. The van der Waals surface area contributed by atoms with Gasteiger partial charge in [-0.05, 0) is 12.8 Å². The van der Waals surface area contributed by atoms with E-state index in [0.717, 1.165) is 38.3 Å². The fourth-order valence-corrected chi connectivity index (χ4v) is 1.93.